The number of rotatable bonds is 7. The molecule has 2 aromatic rings. The Hall–Kier alpha value is -3.66. The predicted molar refractivity (Wildman–Crippen MR) is 97.9 cm³/mol. The minimum absolute atomic E-state index is 0.0571. The van der Waals surface area contributed by atoms with Gasteiger partial charge in [-0.05, 0) is 37.3 Å². The second-order valence-electron chi connectivity index (χ2n) is 5.85. The van der Waals surface area contributed by atoms with Crippen molar-refractivity contribution in [1.29, 1.82) is 5.26 Å². The molecule has 0 heterocycles. The van der Waals surface area contributed by atoms with Crippen LogP contribution in [-0.4, -0.2) is 31.4 Å². The van der Waals surface area contributed by atoms with E-state index in [1.165, 1.54) is 6.07 Å². The minimum Gasteiger partial charge on any atom is -0.466 e. The van der Waals surface area contributed by atoms with Crippen LogP contribution in [0.3, 0.4) is 0 Å². The highest BCUT2D eigenvalue weighted by Crippen LogP contribution is 2.34. The lowest BCUT2D eigenvalue weighted by molar-refractivity contribution is -0.385. The molecule has 0 spiro atoms. The van der Waals surface area contributed by atoms with Gasteiger partial charge >= 0.3 is 11.5 Å². The SMILES string of the molecule is CCOC(=O)Cc1cc(Oc2ccc(S(=O)(=O)C(F)(F)F)cc2C#N)ccc1[N+](=O)[O-]. The van der Waals surface area contributed by atoms with Crippen molar-refractivity contribution in [1.82, 2.24) is 0 Å². The molecule has 31 heavy (non-hydrogen) atoms. The third-order valence-electron chi connectivity index (χ3n) is 3.80. The number of halogens is 3. The van der Waals surface area contributed by atoms with Gasteiger partial charge in [0, 0.05) is 11.6 Å². The number of nitriles is 1. The van der Waals surface area contributed by atoms with Crippen LogP contribution < -0.4 is 4.74 Å². The molecule has 0 fully saturated rings. The van der Waals surface area contributed by atoms with Gasteiger partial charge in [0.2, 0.25) is 0 Å². The topological polar surface area (TPSA) is 137 Å². The standard InChI is InChI=1S/C18H13F3N2O7S/c1-2-29-17(24)9-11-7-13(3-5-15(11)23(25)26)30-16-6-4-14(8-12(16)10-22)31(27,28)18(19,20)21/h3-8H,2,9H2,1H3. The van der Waals surface area contributed by atoms with E-state index in [9.17, 15) is 41.8 Å². The maximum atomic E-state index is 12.7. The average Bonchev–Trinajstić information content (AvgIpc) is 2.67. The smallest absolute Gasteiger partial charge is 0.466 e. The van der Waals surface area contributed by atoms with Gasteiger partial charge in [0.25, 0.3) is 15.5 Å². The summed E-state index contributed by atoms with van der Waals surface area (Å²) in [4.78, 5) is 21.0. The van der Waals surface area contributed by atoms with Gasteiger partial charge in [-0.1, -0.05) is 0 Å². The summed E-state index contributed by atoms with van der Waals surface area (Å²) < 4.78 is 71.3. The molecule has 0 radical (unpaired) electrons. The molecule has 9 nitrogen and oxygen atoms in total. The van der Waals surface area contributed by atoms with Crippen LogP contribution in [0.4, 0.5) is 18.9 Å². The number of ether oxygens (including phenoxy) is 2. The Morgan fingerprint density at radius 1 is 1.23 bits per heavy atom. The predicted octanol–water partition coefficient (Wildman–Crippen LogP) is 3.66. The number of sulfone groups is 1. The number of nitro groups is 1. The van der Waals surface area contributed by atoms with Gasteiger partial charge in [-0.3, -0.25) is 14.9 Å². The number of carbonyl (C=O) groups is 1. The lowest BCUT2D eigenvalue weighted by Crippen LogP contribution is -2.23. The number of nitro benzene ring substituents is 1. The average molecular weight is 458 g/mol. The van der Waals surface area contributed by atoms with Crippen LogP contribution in [0, 0.1) is 21.4 Å². The van der Waals surface area contributed by atoms with E-state index in [-0.39, 0.29) is 23.7 Å². The first kappa shape index (κ1) is 23.6. The quantitative estimate of drug-likeness (QED) is 0.348. The largest absolute Gasteiger partial charge is 0.501 e. The first-order chi connectivity index (χ1) is 14.4. The van der Waals surface area contributed by atoms with Gasteiger partial charge in [0.15, 0.2) is 0 Å². The monoisotopic (exact) mass is 458 g/mol. The molecule has 0 aliphatic carbocycles. The van der Waals surface area contributed by atoms with Gasteiger partial charge in [-0.25, -0.2) is 8.42 Å². The Morgan fingerprint density at radius 3 is 2.45 bits per heavy atom. The van der Waals surface area contributed by atoms with Crippen molar-refractivity contribution in [2.24, 2.45) is 0 Å². The van der Waals surface area contributed by atoms with Crippen LogP contribution in [0.15, 0.2) is 41.3 Å². The molecule has 0 unspecified atom stereocenters. The first-order valence-electron chi connectivity index (χ1n) is 8.37. The molecule has 2 rings (SSSR count). The zero-order valence-electron chi connectivity index (χ0n) is 15.7. The Labute approximate surface area is 173 Å². The van der Waals surface area contributed by atoms with Gasteiger partial charge in [0.1, 0.15) is 17.6 Å². The summed E-state index contributed by atoms with van der Waals surface area (Å²) in [6, 6.07) is 6.83. The Kier molecular flexibility index (Phi) is 6.86. The van der Waals surface area contributed by atoms with E-state index in [0.717, 1.165) is 24.3 Å². The molecule has 0 amide bonds. The number of nitrogens with zero attached hydrogens (tertiary/aromatic N) is 2. The van der Waals surface area contributed by atoms with Crippen LogP contribution in [0.1, 0.15) is 18.1 Å². The van der Waals surface area contributed by atoms with E-state index in [0.29, 0.717) is 12.1 Å². The van der Waals surface area contributed by atoms with Crippen LogP contribution in [0.5, 0.6) is 11.5 Å². The molecule has 0 bridgehead atoms. The van der Waals surface area contributed by atoms with E-state index < -0.39 is 48.8 Å². The van der Waals surface area contributed by atoms with Crippen molar-refractivity contribution < 1.29 is 40.8 Å². The van der Waals surface area contributed by atoms with Crippen LogP contribution >= 0.6 is 0 Å². The zero-order valence-corrected chi connectivity index (χ0v) is 16.5. The molecule has 0 aliphatic rings. The summed E-state index contributed by atoms with van der Waals surface area (Å²) in [5, 5.41) is 20.3. The van der Waals surface area contributed by atoms with E-state index >= 15 is 0 Å². The fourth-order valence-electron chi connectivity index (χ4n) is 2.43. The van der Waals surface area contributed by atoms with Crippen molar-refractivity contribution in [2.75, 3.05) is 6.61 Å². The molecular formula is C18H13F3N2O7S. The Balaban J connectivity index is 2.43. The molecule has 13 heteroatoms. The third kappa shape index (κ3) is 5.28. The molecule has 0 aromatic heterocycles. The summed E-state index contributed by atoms with van der Waals surface area (Å²) in [6.45, 7) is 1.61. The molecular weight excluding hydrogens is 445 g/mol. The number of carbonyl (C=O) groups excluding carboxylic acids is 1. The minimum atomic E-state index is -5.67. The van der Waals surface area contributed by atoms with Crippen molar-refractivity contribution in [3.63, 3.8) is 0 Å². The molecule has 0 aliphatic heterocycles. The highest BCUT2D eigenvalue weighted by atomic mass is 32.2. The maximum Gasteiger partial charge on any atom is 0.501 e. The second kappa shape index (κ2) is 9.00. The summed E-state index contributed by atoms with van der Waals surface area (Å²) in [6.07, 6.45) is -0.449. The summed E-state index contributed by atoms with van der Waals surface area (Å²) >= 11 is 0. The zero-order chi connectivity index (χ0) is 23.4. The van der Waals surface area contributed by atoms with Crippen LogP contribution in [-0.2, 0) is 25.8 Å². The number of hydrogen-bond donors (Lipinski definition) is 0. The number of benzene rings is 2. The van der Waals surface area contributed by atoms with Crippen molar-refractivity contribution in [2.45, 2.75) is 23.7 Å². The lowest BCUT2D eigenvalue weighted by atomic mass is 10.1. The van der Waals surface area contributed by atoms with Gasteiger partial charge in [-0.15, -0.1) is 0 Å². The van der Waals surface area contributed by atoms with Crippen molar-refractivity contribution in [3.8, 4) is 17.6 Å². The number of alkyl halides is 3. The number of hydrogen-bond acceptors (Lipinski definition) is 8. The van der Waals surface area contributed by atoms with Crippen LogP contribution in [0.25, 0.3) is 0 Å². The lowest BCUT2D eigenvalue weighted by Gasteiger charge is -2.12. The van der Waals surface area contributed by atoms with E-state index in [2.05, 4.69) is 0 Å². The molecule has 0 saturated carbocycles. The second-order valence-corrected chi connectivity index (χ2v) is 7.79. The Bertz CT molecular complexity index is 1170. The number of esters is 1. The molecule has 0 atom stereocenters. The van der Waals surface area contributed by atoms with E-state index in [1.807, 2.05) is 0 Å². The summed E-state index contributed by atoms with van der Waals surface area (Å²) in [5.41, 5.74) is -6.53. The fourth-order valence-corrected chi connectivity index (χ4v) is 3.21. The molecule has 2 aromatic carbocycles. The van der Waals surface area contributed by atoms with E-state index in [4.69, 9.17) is 9.47 Å². The van der Waals surface area contributed by atoms with Crippen LogP contribution in [0.2, 0.25) is 0 Å². The Morgan fingerprint density at radius 2 is 1.90 bits per heavy atom. The summed E-state index contributed by atoms with van der Waals surface area (Å²) in [5.74, 6) is -1.10. The molecule has 0 N–H and O–H groups in total. The van der Waals surface area contributed by atoms with Gasteiger partial charge in [0.05, 0.1) is 28.4 Å². The van der Waals surface area contributed by atoms with Crippen molar-refractivity contribution >= 4 is 21.5 Å². The normalized spacial score (nSPS) is 11.5. The van der Waals surface area contributed by atoms with Crippen molar-refractivity contribution in [3.05, 3.63) is 57.6 Å². The van der Waals surface area contributed by atoms with Gasteiger partial charge in [-0.2, -0.15) is 18.4 Å². The maximum absolute atomic E-state index is 12.7. The third-order valence-corrected chi connectivity index (χ3v) is 5.29. The highest BCUT2D eigenvalue weighted by molar-refractivity contribution is 7.92. The first-order valence-corrected chi connectivity index (χ1v) is 9.85. The highest BCUT2D eigenvalue weighted by Gasteiger charge is 2.47. The summed E-state index contributed by atoms with van der Waals surface area (Å²) in [7, 11) is -5.67. The molecule has 0 saturated heterocycles. The fraction of sp³-hybridized carbons (Fsp3) is 0.222. The molecule has 164 valence electrons. The van der Waals surface area contributed by atoms with Gasteiger partial charge < -0.3 is 9.47 Å². The van der Waals surface area contributed by atoms with E-state index in [1.54, 1.807) is 6.92 Å².